The van der Waals surface area contributed by atoms with E-state index in [0.717, 1.165) is 28.8 Å². The van der Waals surface area contributed by atoms with Gasteiger partial charge in [0.05, 0.1) is 0 Å². The molecule has 2 heteroatoms. The Labute approximate surface area is 107 Å². The Morgan fingerprint density at radius 1 is 1.06 bits per heavy atom. The molecule has 1 aliphatic heterocycles. The van der Waals surface area contributed by atoms with Crippen molar-refractivity contribution in [1.29, 1.82) is 0 Å². The number of carbonyl (C=O) groups excluding carboxylic acids is 1. The van der Waals surface area contributed by atoms with Gasteiger partial charge in [0.25, 0.3) is 5.91 Å². The van der Waals surface area contributed by atoms with Crippen molar-refractivity contribution >= 4 is 11.6 Å². The fourth-order valence-electron chi connectivity index (χ4n) is 2.66. The van der Waals surface area contributed by atoms with Crippen LogP contribution in [0.3, 0.4) is 0 Å². The van der Waals surface area contributed by atoms with E-state index in [1.54, 1.807) is 0 Å². The predicted molar refractivity (Wildman–Crippen MR) is 73.1 cm³/mol. The lowest BCUT2D eigenvalue weighted by molar-refractivity contribution is 0.102. The number of rotatable bonds is 0. The SMILES string of the molecule is Cc1cc(C)c2c(c1)Cc1ccccc1C(=O)N2. The Morgan fingerprint density at radius 3 is 2.67 bits per heavy atom. The topological polar surface area (TPSA) is 29.1 Å². The lowest BCUT2D eigenvalue weighted by Gasteiger charge is -2.11. The number of fused-ring (bicyclic) bond motifs is 2. The molecular formula is C16H15NO. The summed E-state index contributed by atoms with van der Waals surface area (Å²) in [4.78, 5) is 12.2. The molecule has 0 aromatic heterocycles. The number of aryl methyl sites for hydroxylation is 2. The normalized spacial score (nSPS) is 13.3. The molecule has 1 heterocycles. The van der Waals surface area contributed by atoms with Gasteiger partial charge >= 0.3 is 0 Å². The van der Waals surface area contributed by atoms with Gasteiger partial charge in [-0.2, -0.15) is 0 Å². The number of anilines is 1. The molecule has 2 aromatic rings. The first-order valence-electron chi connectivity index (χ1n) is 6.14. The van der Waals surface area contributed by atoms with E-state index in [4.69, 9.17) is 0 Å². The van der Waals surface area contributed by atoms with Gasteiger partial charge in [-0.3, -0.25) is 4.79 Å². The van der Waals surface area contributed by atoms with E-state index in [2.05, 4.69) is 24.4 Å². The maximum atomic E-state index is 12.2. The Morgan fingerprint density at radius 2 is 1.83 bits per heavy atom. The van der Waals surface area contributed by atoms with Crippen molar-refractivity contribution in [2.75, 3.05) is 5.32 Å². The van der Waals surface area contributed by atoms with Gasteiger partial charge in [-0.1, -0.05) is 35.9 Å². The molecule has 90 valence electrons. The van der Waals surface area contributed by atoms with E-state index >= 15 is 0 Å². The molecule has 0 saturated carbocycles. The summed E-state index contributed by atoms with van der Waals surface area (Å²) in [5, 5.41) is 3.04. The third-order valence-electron chi connectivity index (χ3n) is 3.44. The monoisotopic (exact) mass is 237 g/mol. The number of hydrogen-bond donors (Lipinski definition) is 1. The van der Waals surface area contributed by atoms with Crippen LogP contribution in [0, 0.1) is 13.8 Å². The van der Waals surface area contributed by atoms with Crippen LogP contribution in [0.5, 0.6) is 0 Å². The first-order valence-corrected chi connectivity index (χ1v) is 6.14. The highest BCUT2D eigenvalue weighted by Gasteiger charge is 2.19. The standard InChI is InChI=1S/C16H15NO/c1-10-7-11(2)15-13(8-10)9-12-5-3-4-6-14(12)16(18)17-15/h3-8H,9H2,1-2H3,(H,17,18). The Bertz CT molecular complexity index is 644. The fourth-order valence-corrected chi connectivity index (χ4v) is 2.66. The highest BCUT2D eigenvalue weighted by molar-refractivity contribution is 6.07. The van der Waals surface area contributed by atoms with Crippen LogP contribution in [-0.2, 0) is 6.42 Å². The van der Waals surface area contributed by atoms with Crippen LogP contribution in [0.4, 0.5) is 5.69 Å². The minimum atomic E-state index is -0.00342. The molecule has 0 spiro atoms. The summed E-state index contributed by atoms with van der Waals surface area (Å²) in [5.41, 5.74) is 6.42. The largest absolute Gasteiger partial charge is 0.321 e. The number of amides is 1. The molecule has 2 aromatic carbocycles. The second-order valence-electron chi connectivity index (χ2n) is 4.90. The Hall–Kier alpha value is -2.09. The summed E-state index contributed by atoms with van der Waals surface area (Å²) in [7, 11) is 0. The second kappa shape index (κ2) is 3.98. The molecule has 0 aliphatic carbocycles. The van der Waals surface area contributed by atoms with Gasteiger partial charge in [-0.05, 0) is 36.6 Å². The van der Waals surface area contributed by atoms with Crippen LogP contribution < -0.4 is 5.32 Å². The highest BCUT2D eigenvalue weighted by atomic mass is 16.1. The minimum Gasteiger partial charge on any atom is -0.321 e. The minimum absolute atomic E-state index is 0.00342. The molecule has 0 atom stereocenters. The zero-order valence-electron chi connectivity index (χ0n) is 10.6. The summed E-state index contributed by atoms with van der Waals surface area (Å²) < 4.78 is 0. The van der Waals surface area contributed by atoms with E-state index in [1.165, 1.54) is 11.1 Å². The van der Waals surface area contributed by atoms with Gasteiger partial charge in [0.15, 0.2) is 0 Å². The molecule has 18 heavy (non-hydrogen) atoms. The zero-order valence-corrected chi connectivity index (χ0v) is 10.6. The van der Waals surface area contributed by atoms with Gasteiger partial charge < -0.3 is 5.32 Å². The maximum absolute atomic E-state index is 12.2. The molecule has 0 radical (unpaired) electrons. The smallest absolute Gasteiger partial charge is 0.255 e. The molecular weight excluding hydrogens is 222 g/mol. The molecule has 1 amide bonds. The van der Waals surface area contributed by atoms with E-state index in [0.29, 0.717) is 0 Å². The van der Waals surface area contributed by atoms with E-state index in [9.17, 15) is 4.79 Å². The zero-order chi connectivity index (χ0) is 12.7. The van der Waals surface area contributed by atoms with Crippen molar-refractivity contribution in [2.24, 2.45) is 0 Å². The van der Waals surface area contributed by atoms with Gasteiger partial charge in [-0.25, -0.2) is 0 Å². The highest BCUT2D eigenvalue weighted by Crippen LogP contribution is 2.29. The average Bonchev–Trinajstić information content (AvgIpc) is 2.47. The predicted octanol–water partition coefficient (Wildman–Crippen LogP) is 3.46. The Kier molecular flexibility index (Phi) is 2.44. The molecule has 2 nitrogen and oxygen atoms in total. The molecule has 1 aliphatic rings. The van der Waals surface area contributed by atoms with Crippen LogP contribution in [0.1, 0.15) is 32.6 Å². The van der Waals surface area contributed by atoms with E-state index < -0.39 is 0 Å². The third-order valence-corrected chi connectivity index (χ3v) is 3.44. The molecule has 0 bridgehead atoms. The van der Waals surface area contributed by atoms with E-state index in [1.807, 2.05) is 31.2 Å². The van der Waals surface area contributed by atoms with Gasteiger partial charge in [-0.15, -0.1) is 0 Å². The molecule has 0 saturated heterocycles. The number of carbonyl (C=O) groups is 1. The third kappa shape index (κ3) is 1.70. The number of hydrogen-bond acceptors (Lipinski definition) is 1. The molecule has 3 rings (SSSR count). The number of nitrogens with one attached hydrogen (secondary N) is 1. The summed E-state index contributed by atoms with van der Waals surface area (Å²) >= 11 is 0. The molecule has 0 fully saturated rings. The Balaban J connectivity index is 2.21. The van der Waals surface area contributed by atoms with Crippen LogP contribution in [0.25, 0.3) is 0 Å². The first kappa shape index (κ1) is 11.0. The number of benzene rings is 2. The van der Waals surface area contributed by atoms with Crippen LogP contribution in [-0.4, -0.2) is 5.91 Å². The van der Waals surface area contributed by atoms with Crippen LogP contribution in [0.15, 0.2) is 36.4 Å². The molecule has 1 N–H and O–H groups in total. The van der Waals surface area contributed by atoms with Gasteiger partial charge in [0.1, 0.15) is 0 Å². The van der Waals surface area contributed by atoms with E-state index in [-0.39, 0.29) is 5.91 Å². The van der Waals surface area contributed by atoms with Crippen LogP contribution >= 0.6 is 0 Å². The van der Waals surface area contributed by atoms with Crippen molar-refractivity contribution < 1.29 is 4.79 Å². The van der Waals surface area contributed by atoms with Crippen molar-refractivity contribution in [3.8, 4) is 0 Å². The maximum Gasteiger partial charge on any atom is 0.255 e. The summed E-state index contributed by atoms with van der Waals surface area (Å²) in [6, 6.07) is 12.1. The summed E-state index contributed by atoms with van der Waals surface area (Å²) in [5.74, 6) is -0.00342. The van der Waals surface area contributed by atoms with Gasteiger partial charge in [0.2, 0.25) is 0 Å². The lowest BCUT2D eigenvalue weighted by Crippen LogP contribution is -2.12. The average molecular weight is 237 g/mol. The molecule has 0 unspecified atom stereocenters. The second-order valence-corrected chi connectivity index (χ2v) is 4.90. The van der Waals surface area contributed by atoms with Crippen molar-refractivity contribution in [3.05, 3.63) is 64.2 Å². The van der Waals surface area contributed by atoms with Crippen molar-refractivity contribution in [2.45, 2.75) is 20.3 Å². The van der Waals surface area contributed by atoms with Gasteiger partial charge in [0, 0.05) is 17.7 Å². The quantitative estimate of drug-likeness (QED) is 0.747. The van der Waals surface area contributed by atoms with Crippen molar-refractivity contribution in [1.82, 2.24) is 0 Å². The van der Waals surface area contributed by atoms with Crippen molar-refractivity contribution in [3.63, 3.8) is 0 Å². The van der Waals surface area contributed by atoms with Crippen LogP contribution in [0.2, 0.25) is 0 Å². The summed E-state index contributed by atoms with van der Waals surface area (Å²) in [6.45, 7) is 4.13. The summed E-state index contributed by atoms with van der Waals surface area (Å²) in [6.07, 6.45) is 0.812. The first-order chi connectivity index (χ1) is 8.65. The fraction of sp³-hybridized carbons (Fsp3) is 0.188. The lowest BCUT2D eigenvalue weighted by atomic mass is 9.97.